The number of fused-ring (bicyclic) bond motifs is 1. The number of ether oxygens (including phenoxy) is 1. The van der Waals surface area contributed by atoms with Gasteiger partial charge in [0.1, 0.15) is 5.82 Å². The lowest BCUT2D eigenvalue weighted by Crippen LogP contribution is -2.41. The van der Waals surface area contributed by atoms with E-state index in [1.807, 2.05) is 6.92 Å². The van der Waals surface area contributed by atoms with Gasteiger partial charge in [0, 0.05) is 44.6 Å². The molecule has 1 fully saturated rings. The molecule has 2 aromatic rings. The Morgan fingerprint density at radius 3 is 2.94 bits per heavy atom. The normalized spacial score (nSPS) is 18.2. The van der Waals surface area contributed by atoms with Crippen LogP contribution in [0.3, 0.4) is 0 Å². The maximum Gasteiger partial charge on any atom is 0.256 e. The number of nitrogens with one attached hydrogen (secondary N) is 1. The number of methoxy groups -OCH3 is 1. The highest BCUT2D eigenvalue weighted by Gasteiger charge is 2.33. The third-order valence-corrected chi connectivity index (χ3v) is 6.03. The predicted octanol–water partition coefficient (Wildman–Crippen LogP) is 1.37. The Balaban J connectivity index is 1.55. The highest BCUT2D eigenvalue weighted by Crippen LogP contribution is 2.30. The molecule has 2 aliphatic heterocycles. The molecule has 4 rings (SSSR count). The van der Waals surface area contributed by atoms with E-state index in [2.05, 4.69) is 9.97 Å². The Morgan fingerprint density at radius 2 is 2.16 bits per heavy atom. The van der Waals surface area contributed by atoms with Crippen LogP contribution in [0, 0.1) is 6.92 Å². The Labute approximate surface area is 180 Å². The highest BCUT2D eigenvalue weighted by molar-refractivity contribution is 5.95. The van der Waals surface area contributed by atoms with Gasteiger partial charge >= 0.3 is 0 Å². The second kappa shape index (κ2) is 8.97. The number of aryl methyl sites for hydroxylation is 1. The number of aromatic nitrogens is 3. The zero-order valence-corrected chi connectivity index (χ0v) is 17.9. The van der Waals surface area contributed by atoms with Crippen LogP contribution in [0.25, 0.3) is 0 Å². The summed E-state index contributed by atoms with van der Waals surface area (Å²) in [5.74, 6) is 0.436. The molecule has 0 bridgehead atoms. The first-order valence-electron chi connectivity index (χ1n) is 10.6. The van der Waals surface area contributed by atoms with Gasteiger partial charge in [0.25, 0.3) is 11.5 Å². The molecule has 0 unspecified atom stereocenters. The van der Waals surface area contributed by atoms with Crippen LogP contribution in [-0.4, -0.2) is 63.4 Å². The largest absolute Gasteiger partial charge is 0.384 e. The fraction of sp³-hybridized carbons (Fsp3) is 0.500. The predicted molar refractivity (Wildman–Crippen MR) is 112 cm³/mol. The van der Waals surface area contributed by atoms with Crippen molar-refractivity contribution in [2.45, 2.75) is 45.2 Å². The number of pyridine rings is 1. The Hall–Kier alpha value is -3.07. The number of amides is 2. The fourth-order valence-corrected chi connectivity index (χ4v) is 4.34. The van der Waals surface area contributed by atoms with Gasteiger partial charge in [-0.3, -0.25) is 19.4 Å². The summed E-state index contributed by atoms with van der Waals surface area (Å²) < 4.78 is 5.02. The van der Waals surface area contributed by atoms with Crippen molar-refractivity contribution < 1.29 is 14.3 Å². The summed E-state index contributed by atoms with van der Waals surface area (Å²) in [5.41, 5.74) is 2.40. The molecule has 2 aromatic heterocycles. The lowest BCUT2D eigenvalue weighted by molar-refractivity contribution is -0.133. The summed E-state index contributed by atoms with van der Waals surface area (Å²) in [6.45, 7) is 3.59. The molecule has 2 aliphatic rings. The van der Waals surface area contributed by atoms with Crippen LogP contribution in [0.4, 0.5) is 0 Å². The van der Waals surface area contributed by atoms with Crippen LogP contribution in [0.1, 0.15) is 58.3 Å². The van der Waals surface area contributed by atoms with Crippen molar-refractivity contribution in [2.75, 3.05) is 26.8 Å². The number of aromatic amines is 1. The first-order valence-corrected chi connectivity index (χ1v) is 10.6. The van der Waals surface area contributed by atoms with Gasteiger partial charge in [0.15, 0.2) is 0 Å². The van der Waals surface area contributed by atoms with Gasteiger partial charge in [-0.1, -0.05) is 0 Å². The number of rotatable bonds is 5. The SMILES string of the molecule is COCCC(=O)N1CCC[C@H]1c1nc2c(c(=O)[nH]1)CN(C(=O)c1ccncc1C)CC2. The Bertz CT molecular complexity index is 1050. The van der Waals surface area contributed by atoms with Gasteiger partial charge < -0.3 is 19.5 Å². The Kier molecular flexibility index (Phi) is 6.13. The van der Waals surface area contributed by atoms with Crippen molar-refractivity contribution in [3.63, 3.8) is 0 Å². The molecule has 9 heteroatoms. The van der Waals surface area contributed by atoms with Crippen molar-refractivity contribution in [3.8, 4) is 0 Å². The number of carbonyl (C=O) groups excluding carboxylic acids is 2. The summed E-state index contributed by atoms with van der Waals surface area (Å²) in [4.78, 5) is 53.5. The van der Waals surface area contributed by atoms with Gasteiger partial charge in [-0.25, -0.2) is 4.98 Å². The van der Waals surface area contributed by atoms with Crippen molar-refractivity contribution in [3.05, 3.63) is 57.0 Å². The smallest absolute Gasteiger partial charge is 0.256 e. The fourth-order valence-electron chi connectivity index (χ4n) is 4.34. The first-order chi connectivity index (χ1) is 15.0. The third-order valence-electron chi connectivity index (χ3n) is 6.03. The quantitative estimate of drug-likeness (QED) is 0.775. The lowest BCUT2D eigenvalue weighted by Gasteiger charge is -2.29. The van der Waals surface area contributed by atoms with Crippen molar-refractivity contribution >= 4 is 11.8 Å². The molecule has 0 saturated carbocycles. The minimum Gasteiger partial charge on any atom is -0.384 e. The van der Waals surface area contributed by atoms with E-state index < -0.39 is 0 Å². The average Bonchev–Trinajstić information content (AvgIpc) is 3.27. The third kappa shape index (κ3) is 4.23. The lowest BCUT2D eigenvalue weighted by atomic mass is 10.0. The van der Waals surface area contributed by atoms with E-state index in [-0.39, 0.29) is 30.0 Å². The molecule has 1 N–H and O–H groups in total. The van der Waals surface area contributed by atoms with Gasteiger partial charge in [-0.15, -0.1) is 0 Å². The zero-order valence-electron chi connectivity index (χ0n) is 17.9. The molecule has 9 nitrogen and oxygen atoms in total. The number of carbonyl (C=O) groups is 2. The molecule has 1 saturated heterocycles. The minimum absolute atomic E-state index is 0.00853. The van der Waals surface area contributed by atoms with Gasteiger partial charge in [0.2, 0.25) is 5.91 Å². The van der Waals surface area contributed by atoms with E-state index in [0.29, 0.717) is 55.2 Å². The molecular weight excluding hydrogens is 398 g/mol. The maximum atomic E-state index is 12.9. The summed E-state index contributed by atoms with van der Waals surface area (Å²) in [6, 6.07) is 1.48. The molecule has 1 atom stereocenters. The standard InChI is InChI=1S/C22H27N5O4/c1-14-12-23-8-5-15(14)22(30)26-10-6-17-16(13-26)21(29)25-20(24-17)18-4-3-9-27(18)19(28)7-11-31-2/h5,8,12,18H,3-4,6-7,9-11,13H2,1-2H3,(H,24,25,29)/t18-/m0/s1. The van der Waals surface area contributed by atoms with Crippen molar-refractivity contribution in [2.24, 2.45) is 0 Å². The van der Waals surface area contributed by atoms with Crippen LogP contribution in [0.5, 0.6) is 0 Å². The highest BCUT2D eigenvalue weighted by atomic mass is 16.5. The molecule has 164 valence electrons. The van der Waals surface area contributed by atoms with E-state index in [1.165, 1.54) is 0 Å². The first kappa shape index (κ1) is 21.2. The molecule has 0 radical (unpaired) electrons. The van der Waals surface area contributed by atoms with E-state index >= 15 is 0 Å². The molecule has 31 heavy (non-hydrogen) atoms. The van der Waals surface area contributed by atoms with Crippen LogP contribution < -0.4 is 5.56 Å². The van der Waals surface area contributed by atoms with Gasteiger partial charge in [-0.2, -0.15) is 0 Å². The number of hydrogen-bond donors (Lipinski definition) is 1. The van der Waals surface area contributed by atoms with Crippen molar-refractivity contribution in [1.82, 2.24) is 24.8 Å². The van der Waals surface area contributed by atoms with Crippen LogP contribution in [0.15, 0.2) is 23.3 Å². The number of hydrogen-bond acceptors (Lipinski definition) is 6. The summed E-state index contributed by atoms with van der Waals surface area (Å²) >= 11 is 0. The Morgan fingerprint density at radius 1 is 1.32 bits per heavy atom. The molecule has 2 amide bonds. The average molecular weight is 425 g/mol. The molecule has 4 heterocycles. The molecule has 0 aliphatic carbocycles. The van der Waals surface area contributed by atoms with E-state index in [0.717, 1.165) is 18.4 Å². The summed E-state index contributed by atoms with van der Waals surface area (Å²) in [7, 11) is 1.57. The molecule has 0 spiro atoms. The van der Waals surface area contributed by atoms with Gasteiger partial charge in [0.05, 0.1) is 36.9 Å². The van der Waals surface area contributed by atoms with Gasteiger partial charge in [-0.05, 0) is 31.4 Å². The number of likely N-dealkylation sites (tertiary alicyclic amines) is 1. The second-order valence-electron chi connectivity index (χ2n) is 8.03. The van der Waals surface area contributed by atoms with E-state index in [1.54, 1.807) is 35.4 Å². The topological polar surface area (TPSA) is 108 Å². The number of H-pyrrole nitrogens is 1. The minimum atomic E-state index is -0.236. The maximum absolute atomic E-state index is 12.9. The van der Waals surface area contributed by atoms with Crippen molar-refractivity contribution in [1.29, 1.82) is 0 Å². The zero-order chi connectivity index (χ0) is 22.0. The summed E-state index contributed by atoms with van der Waals surface area (Å²) in [5, 5.41) is 0. The second-order valence-corrected chi connectivity index (χ2v) is 8.03. The van der Waals surface area contributed by atoms with Crippen LogP contribution in [0.2, 0.25) is 0 Å². The van der Waals surface area contributed by atoms with Crippen LogP contribution >= 0.6 is 0 Å². The monoisotopic (exact) mass is 425 g/mol. The van der Waals surface area contributed by atoms with E-state index in [4.69, 9.17) is 9.72 Å². The molecule has 0 aromatic carbocycles. The molecular formula is C22H27N5O4. The van der Waals surface area contributed by atoms with E-state index in [9.17, 15) is 14.4 Å². The number of nitrogens with zero attached hydrogens (tertiary/aromatic N) is 4. The van der Waals surface area contributed by atoms with Crippen LogP contribution in [-0.2, 0) is 22.5 Å². The summed E-state index contributed by atoms with van der Waals surface area (Å²) in [6.07, 6.45) is 5.72.